The van der Waals surface area contributed by atoms with Crippen molar-refractivity contribution in [2.45, 2.75) is 51.6 Å². The van der Waals surface area contributed by atoms with Gasteiger partial charge >= 0.3 is 0 Å². The molecule has 1 atom stereocenters. The summed E-state index contributed by atoms with van der Waals surface area (Å²) in [7, 11) is -2.65. The van der Waals surface area contributed by atoms with E-state index in [2.05, 4.69) is 5.32 Å². The van der Waals surface area contributed by atoms with Crippen molar-refractivity contribution in [2.75, 3.05) is 17.9 Å². The minimum atomic E-state index is -4.13. The molecule has 0 fully saturated rings. The van der Waals surface area contributed by atoms with Crippen molar-refractivity contribution in [3.8, 4) is 0 Å². The third-order valence-electron chi connectivity index (χ3n) is 6.56. The van der Waals surface area contributed by atoms with Gasteiger partial charge in [0.15, 0.2) is 0 Å². The van der Waals surface area contributed by atoms with E-state index >= 15 is 0 Å². The Morgan fingerprint density at radius 2 is 1.55 bits per heavy atom. The van der Waals surface area contributed by atoms with Crippen LogP contribution in [0.2, 0.25) is 0 Å². The number of nitrogens with one attached hydrogen (secondary N) is 1. The van der Waals surface area contributed by atoms with E-state index in [1.165, 1.54) is 48.3 Å². The van der Waals surface area contributed by atoms with Gasteiger partial charge in [-0.2, -0.15) is 0 Å². The van der Waals surface area contributed by atoms with Crippen molar-refractivity contribution in [1.29, 1.82) is 0 Å². The second kappa shape index (κ2) is 12.2. The number of hydrogen-bond acceptors (Lipinski definition) is 4. The van der Waals surface area contributed by atoms with Crippen LogP contribution in [-0.4, -0.2) is 44.8 Å². The number of anilines is 1. The number of halogens is 1. The number of nitrogens with zero attached hydrogens (tertiary/aromatic N) is 2. The van der Waals surface area contributed by atoms with Gasteiger partial charge in [0.25, 0.3) is 10.0 Å². The highest BCUT2D eigenvalue weighted by molar-refractivity contribution is 7.92. The fraction of sp³-hybridized carbons (Fsp3) is 0.310. The second-order valence-electron chi connectivity index (χ2n) is 9.28. The normalized spacial score (nSPS) is 12.1. The molecule has 0 aromatic heterocycles. The average molecular weight is 540 g/mol. The van der Waals surface area contributed by atoms with Gasteiger partial charge in [-0.3, -0.25) is 13.9 Å². The Balaban J connectivity index is 2.08. The van der Waals surface area contributed by atoms with Crippen molar-refractivity contribution >= 4 is 27.5 Å². The van der Waals surface area contributed by atoms with Crippen LogP contribution in [0.4, 0.5) is 10.1 Å². The first-order chi connectivity index (χ1) is 18.0. The van der Waals surface area contributed by atoms with Gasteiger partial charge in [0.2, 0.25) is 11.8 Å². The topological polar surface area (TPSA) is 86.8 Å². The molecular weight excluding hydrogens is 505 g/mol. The fourth-order valence-electron chi connectivity index (χ4n) is 4.12. The number of aryl methyl sites for hydroxylation is 3. The summed E-state index contributed by atoms with van der Waals surface area (Å²) in [5, 5.41) is 2.58. The van der Waals surface area contributed by atoms with Crippen molar-refractivity contribution in [1.82, 2.24) is 10.2 Å². The number of sulfonamides is 1. The Bertz CT molecular complexity index is 1390. The monoisotopic (exact) mass is 539 g/mol. The Labute approximate surface area is 224 Å². The number of benzene rings is 3. The van der Waals surface area contributed by atoms with E-state index in [0.29, 0.717) is 17.7 Å². The zero-order valence-electron chi connectivity index (χ0n) is 22.4. The lowest BCUT2D eigenvalue weighted by molar-refractivity contribution is -0.140. The average Bonchev–Trinajstić information content (AvgIpc) is 2.89. The smallest absolute Gasteiger partial charge is 0.264 e. The van der Waals surface area contributed by atoms with E-state index in [4.69, 9.17) is 0 Å². The van der Waals surface area contributed by atoms with Gasteiger partial charge in [-0.05, 0) is 80.3 Å². The Kier molecular flexibility index (Phi) is 9.27. The number of hydrogen-bond donors (Lipinski definition) is 1. The molecule has 0 heterocycles. The highest BCUT2D eigenvalue weighted by Crippen LogP contribution is 2.27. The van der Waals surface area contributed by atoms with Gasteiger partial charge in [-0.15, -0.1) is 0 Å². The molecule has 9 heteroatoms. The fourth-order valence-corrected chi connectivity index (χ4v) is 5.53. The van der Waals surface area contributed by atoms with Gasteiger partial charge in [0, 0.05) is 13.6 Å². The van der Waals surface area contributed by atoms with Crippen LogP contribution < -0.4 is 9.62 Å². The lowest BCUT2D eigenvalue weighted by atomic mass is 10.1. The molecule has 2 amide bonds. The van der Waals surface area contributed by atoms with Crippen molar-refractivity contribution < 1.29 is 22.4 Å². The van der Waals surface area contributed by atoms with Crippen LogP contribution in [0.5, 0.6) is 0 Å². The van der Waals surface area contributed by atoms with Crippen LogP contribution in [0, 0.1) is 26.6 Å². The van der Waals surface area contributed by atoms with E-state index in [-0.39, 0.29) is 17.3 Å². The second-order valence-corrected chi connectivity index (χ2v) is 11.1. The Hall–Kier alpha value is -3.72. The van der Waals surface area contributed by atoms with Crippen LogP contribution in [0.25, 0.3) is 0 Å². The summed E-state index contributed by atoms with van der Waals surface area (Å²) in [6.45, 7) is 6.91. The molecule has 202 valence electrons. The van der Waals surface area contributed by atoms with Gasteiger partial charge in [0.05, 0.1) is 10.6 Å². The van der Waals surface area contributed by atoms with Crippen LogP contribution >= 0.6 is 0 Å². The van der Waals surface area contributed by atoms with Gasteiger partial charge in [-0.1, -0.05) is 42.8 Å². The van der Waals surface area contributed by atoms with Crippen LogP contribution in [0.1, 0.15) is 35.6 Å². The van der Waals surface area contributed by atoms with E-state index in [0.717, 1.165) is 21.0 Å². The SMILES string of the molecule is CCC(C(=O)NC)N(Cc1ccc(F)cc1)C(=O)CN(c1ccc(C)c(C)c1)S(=O)(=O)c1ccc(C)cc1. The van der Waals surface area contributed by atoms with Gasteiger partial charge in [0.1, 0.15) is 18.4 Å². The summed E-state index contributed by atoms with van der Waals surface area (Å²) in [5.74, 6) is -1.35. The first kappa shape index (κ1) is 28.8. The number of carbonyl (C=O) groups is 2. The maximum Gasteiger partial charge on any atom is 0.264 e. The summed E-state index contributed by atoms with van der Waals surface area (Å²) in [6, 6.07) is 16.4. The maximum absolute atomic E-state index is 13.9. The number of rotatable bonds is 10. The van der Waals surface area contributed by atoms with Crippen molar-refractivity contribution in [3.63, 3.8) is 0 Å². The predicted molar refractivity (Wildman–Crippen MR) is 147 cm³/mol. The zero-order chi connectivity index (χ0) is 28.0. The standard InChI is InChI=1S/C29H34FN3O4S/c1-6-27(29(35)31-5)32(18-23-10-12-24(30)13-11-23)28(34)19-33(25-14-9-21(3)22(4)17-25)38(36,37)26-15-7-20(2)8-16-26/h7-17,27H,6,18-19H2,1-5H3,(H,31,35). The molecule has 3 rings (SSSR count). The minimum Gasteiger partial charge on any atom is -0.357 e. The van der Waals surface area contributed by atoms with E-state index in [1.54, 1.807) is 31.2 Å². The molecule has 3 aromatic carbocycles. The van der Waals surface area contributed by atoms with E-state index in [1.807, 2.05) is 26.8 Å². The Morgan fingerprint density at radius 1 is 0.921 bits per heavy atom. The summed E-state index contributed by atoms with van der Waals surface area (Å²) in [6.07, 6.45) is 0.307. The lowest BCUT2D eigenvalue weighted by Gasteiger charge is -2.33. The molecule has 7 nitrogen and oxygen atoms in total. The minimum absolute atomic E-state index is 0.0103. The van der Waals surface area contributed by atoms with Crippen LogP contribution in [-0.2, 0) is 26.2 Å². The molecule has 0 radical (unpaired) electrons. The molecular formula is C29H34FN3O4S. The molecule has 0 aliphatic rings. The van der Waals surface area contributed by atoms with E-state index < -0.39 is 34.3 Å². The number of carbonyl (C=O) groups excluding carboxylic acids is 2. The van der Waals surface area contributed by atoms with Gasteiger partial charge < -0.3 is 10.2 Å². The number of amides is 2. The van der Waals surface area contributed by atoms with Gasteiger partial charge in [-0.25, -0.2) is 12.8 Å². The largest absolute Gasteiger partial charge is 0.357 e. The molecule has 0 aliphatic carbocycles. The molecule has 38 heavy (non-hydrogen) atoms. The third kappa shape index (κ3) is 6.58. The summed E-state index contributed by atoms with van der Waals surface area (Å²) < 4.78 is 42.3. The molecule has 0 saturated carbocycles. The highest BCUT2D eigenvalue weighted by atomic mass is 32.2. The molecule has 1 unspecified atom stereocenters. The molecule has 0 bridgehead atoms. The first-order valence-electron chi connectivity index (χ1n) is 12.4. The summed E-state index contributed by atoms with van der Waals surface area (Å²) >= 11 is 0. The molecule has 0 spiro atoms. The zero-order valence-corrected chi connectivity index (χ0v) is 23.2. The number of likely N-dealkylation sites (N-methyl/N-ethyl adjacent to an activating group) is 1. The Morgan fingerprint density at radius 3 is 2.11 bits per heavy atom. The van der Waals surface area contributed by atoms with E-state index in [9.17, 15) is 22.4 Å². The van der Waals surface area contributed by atoms with Crippen LogP contribution in [0.15, 0.2) is 71.6 Å². The molecule has 3 aromatic rings. The van der Waals surface area contributed by atoms with Crippen molar-refractivity contribution in [3.05, 3.63) is 94.8 Å². The third-order valence-corrected chi connectivity index (χ3v) is 8.35. The molecule has 0 saturated heterocycles. The van der Waals surface area contributed by atoms with Crippen molar-refractivity contribution in [2.24, 2.45) is 0 Å². The molecule has 1 N–H and O–H groups in total. The van der Waals surface area contributed by atoms with Crippen LogP contribution in [0.3, 0.4) is 0 Å². The first-order valence-corrected chi connectivity index (χ1v) is 13.8. The summed E-state index contributed by atoms with van der Waals surface area (Å²) in [4.78, 5) is 28.0. The molecule has 0 aliphatic heterocycles. The lowest BCUT2D eigenvalue weighted by Crippen LogP contribution is -2.51. The quantitative estimate of drug-likeness (QED) is 0.411. The maximum atomic E-state index is 13.9. The predicted octanol–water partition coefficient (Wildman–Crippen LogP) is 4.50. The summed E-state index contributed by atoms with van der Waals surface area (Å²) in [5.41, 5.74) is 3.72. The highest BCUT2D eigenvalue weighted by Gasteiger charge is 2.33.